The van der Waals surface area contributed by atoms with E-state index in [1.165, 1.54) is 0 Å². The first-order valence-corrected chi connectivity index (χ1v) is 9.52. The molecule has 0 bridgehead atoms. The number of rotatable bonds is 5. The molecule has 1 N–H and O–H groups in total. The Labute approximate surface area is 145 Å². The van der Waals surface area contributed by atoms with Gasteiger partial charge in [-0.2, -0.15) is 13.2 Å². The van der Waals surface area contributed by atoms with Gasteiger partial charge in [-0.05, 0) is 37.0 Å². The summed E-state index contributed by atoms with van der Waals surface area (Å²) in [5.74, 6) is 0.262. The normalized spacial score (nSPS) is 19.0. The van der Waals surface area contributed by atoms with Crippen molar-refractivity contribution in [1.82, 2.24) is 9.62 Å². The van der Waals surface area contributed by atoms with Crippen molar-refractivity contribution in [2.24, 2.45) is 5.92 Å². The number of benzene rings is 1. The van der Waals surface area contributed by atoms with Crippen molar-refractivity contribution in [3.05, 3.63) is 29.8 Å². The standard InChI is InChI=1S/C16H21F3N2O3S/c1-12-4-3-9-21(11-12)15(22)7-8-20-25(23,24)14-6-2-5-13(10-14)16(17,18)19/h2,5-6,10,12,20H,3-4,7-9,11H2,1H3. The summed E-state index contributed by atoms with van der Waals surface area (Å²) < 4.78 is 64.5. The SMILES string of the molecule is CC1CCCN(C(=O)CCNS(=O)(=O)c2cccc(C(F)(F)F)c2)C1. The highest BCUT2D eigenvalue weighted by atomic mass is 32.2. The molecule has 1 aromatic carbocycles. The maximum Gasteiger partial charge on any atom is 0.416 e. The average molecular weight is 378 g/mol. The summed E-state index contributed by atoms with van der Waals surface area (Å²) >= 11 is 0. The fourth-order valence-electron chi connectivity index (χ4n) is 2.79. The van der Waals surface area contributed by atoms with E-state index in [1.807, 2.05) is 0 Å². The monoisotopic (exact) mass is 378 g/mol. The molecule has 0 saturated carbocycles. The summed E-state index contributed by atoms with van der Waals surface area (Å²) in [6, 6.07) is 3.51. The lowest BCUT2D eigenvalue weighted by Crippen LogP contribution is -2.40. The third-order valence-electron chi connectivity index (χ3n) is 4.11. The van der Waals surface area contributed by atoms with Crippen LogP contribution in [0, 0.1) is 5.92 Å². The fourth-order valence-corrected chi connectivity index (χ4v) is 3.87. The van der Waals surface area contributed by atoms with Crippen LogP contribution in [-0.2, 0) is 21.0 Å². The van der Waals surface area contributed by atoms with E-state index in [-0.39, 0.29) is 18.9 Å². The Morgan fingerprint density at radius 2 is 2.08 bits per heavy atom. The molecule has 0 radical (unpaired) electrons. The maximum atomic E-state index is 12.7. The Balaban J connectivity index is 1.94. The largest absolute Gasteiger partial charge is 0.416 e. The molecule has 1 saturated heterocycles. The molecule has 0 aliphatic carbocycles. The number of amides is 1. The van der Waals surface area contributed by atoms with Crippen LogP contribution in [0.5, 0.6) is 0 Å². The van der Waals surface area contributed by atoms with Gasteiger partial charge in [-0.3, -0.25) is 4.79 Å². The number of halogens is 3. The highest BCUT2D eigenvalue weighted by molar-refractivity contribution is 7.89. The predicted molar refractivity (Wildman–Crippen MR) is 86.2 cm³/mol. The molecule has 2 rings (SSSR count). The number of hydrogen-bond acceptors (Lipinski definition) is 3. The molecule has 1 aromatic rings. The molecular weight excluding hydrogens is 357 g/mol. The lowest BCUT2D eigenvalue weighted by atomic mass is 10.0. The summed E-state index contributed by atoms with van der Waals surface area (Å²) in [6.45, 7) is 3.21. The molecule has 9 heteroatoms. The summed E-state index contributed by atoms with van der Waals surface area (Å²) in [7, 11) is -4.10. The molecule has 1 aliphatic heterocycles. The molecule has 25 heavy (non-hydrogen) atoms. The first-order chi connectivity index (χ1) is 11.6. The van der Waals surface area contributed by atoms with Crippen LogP contribution in [0.25, 0.3) is 0 Å². The van der Waals surface area contributed by atoms with Gasteiger partial charge in [-0.25, -0.2) is 13.1 Å². The summed E-state index contributed by atoms with van der Waals surface area (Å²) in [6.07, 6.45) is -2.66. The first kappa shape index (κ1) is 19.7. The molecular formula is C16H21F3N2O3S. The number of sulfonamides is 1. The minimum atomic E-state index is -4.62. The van der Waals surface area contributed by atoms with Crippen molar-refractivity contribution in [3.8, 4) is 0 Å². The minimum Gasteiger partial charge on any atom is -0.342 e. The Bertz CT molecular complexity index is 720. The van der Waals surface area contributed by atoms with Gasteiger partial charge in [0.1, 0.15) is 0 Å². The number of carbonyl (C=O) groups is 1. The van der Waals surface area contributed by atoms with Crippen LogP contribution in [0.2, 0.25) is 0 Å². The van der Waals surface area contributed by atoms with Crippen LogP contribution >= 0.6 is 0 Å². The molecule has 1 fully saturated rings. The van der Waals surface area contributed by atoms with E-state index >= 15 is 0 Å². The second kappa shape index (κ2) is 7.74. The van der Waals surface area contributed by atoms with Gasteiger partial charge in [0.2, 0.25) is 15.9 Å². The molecule has 5 nitrogen and oxygen atoms in total. The number of alkyl halides is 3. The molecule has 0 aromatic heterocycles. The first-order valence-electron chi connectivity index (χ1n) is 8.04. The van der Waals surface area contributed by atoms with Crippen molar-refractivity contribution >= 4 is 15.9 Å². The van der Waals surface area contributed by atoms with Gasteiger partial charge in [-0.15, -0.1) is 0 Å². The smallest absolute Gasteiger partial charge is 0.342 e. The van der Waals surface area contributed by atoms with Crippen LogP contribution in [0.15, 0.2) is 29.2 Å². The van der Waals surface area contributed by atoms with E-state index in [4.69, 9.17) is 0 Å². The van der Waals surface area contributed by atoms with Crippen LogP contribution < -0.4 is 4.72 Å². The third-order valence-corrected chi connectivity index (χ3v) is 5.57. The number of hydrogen-bond donors (Lipinski definition) is 1. The zero-order valence-corrected chi connectivity index (χ0v) is 14.7. The molecule has 1 unspecified atom stereocenters. The average Bonchev–Trinajstić information content (AvgIpc) is 2.54. The van der Waals surface area contributed by atoms with Gasteiger partial charge in [0, 0.05) is 26.1 Å². The lowest BCUT2D eigenvalue weighted by molar-refractivity contribution is -0.137. The quantitative estimate of drug-likeness (QED) is 0.857. The van der Waals surface area contributed by atoms with E-state index in [9.17, 15) is 26.4 Å². The fraction of sp³-hybridized carbons (Fsp3) is 0.562. The Hall–Kier alpha value is -1.61. The van der Waals surface area contributed by atoms with E-state index in [0.29, 0.717) is 25.1 Å². The zero-order chi connectivity index (χ0) is 18.7. The van der Waals surface area contributed by atoms with Crippen molar-refractivity contribution in [2.45, 2.75) is 37.3 Å². The van der Waals surface area contributed by atoms with E-state index in [1.54, 1.807) is 4.90 Å². The van der Waals surface area contributed by atoms with Crippen LogP contribution in [0.1, 0.15) is 31.7 Å². The minimum absolute atomic E-state index is 0.0229. The second-order valence-electron chi connectivity index (χ2n) is 6.26. The number of carbonyl (C=O) groups excluding carboxylic acids is 1. The predicted octanol–water partition coefficient (Wildman–Crippen LogP) is 2.63. The van der Waals surface area contributed by atoms with E-state index < -0.39 is 26.7 Å². The van der Waals surface area contributed by atoms with Gasteiger partial charge < -0.3 is 4.90 Å². The van der Waals surface area contributed by atoms with Crippen LogP contribution in [-0.4, -0.2) is 38.9 Å². The van der Waals surface area contributed by atoms with Gasteiger partial charge in [0.25, 0.3) is 0 Å². The zero-order valence-electron chi connectivity index (χ0n) is 13.8. The van der Waals surface area contributed by atoms with Gasteiger partial charge in [0.05, 0.1) is 10.5 Å². The van der Waals surface area contributed by atoms with Gasteiger partial charge in [-0.1, -0.05) is 13.0 Å². The third kappa shape index (κ3) is 5.43. The Morgan fingerprint density at radius 1 is 1.36 bits per heavy atom. The topological polar surface area (TPSA) is 66.5 Å². The van der Waals surface area contributed by atoms with E-state index in [0.717, 1.165) is 31.0 Å². The molecule has 0 spiro atoms. The molecule has 1 aliphatic rings. The van der Waals surface area contributed by atoms with E-state index in [2.05, 4.69) is 11.6 Å². The lowest BCUT2D eigenvalue weighted by Gasteiger charge is -2.31. The molecule has 1 heterocycles. The highest BCUT2D eigenvalue weighted by Gasteiger charge is 2.31. The van der Waals surface area contributed by atoms with Crippen molar-refractivity contribution in [2.75, 3.05) is 19.6 Å². The van der Waals surface area contributed by atoms with Crippen molar-refractivity contribution in [3.63, 3.8) is 0 Å². The van der Waals surface area contributed by atoms with Crippen molar-refractivity contribution in [1.29, 1.82) is 0 Å². The number of likely N-dealkylation sites (tertiary alicyclic amines) is 1. The van der Waals surface area contributed by atoms with Crippen LogP contribution in [0.3, 0.4) is 0 Å². The number of piperidine rings is 1. The summed E-state index contributed by atoms with van der Waals surface area (Å²) in [5, 5.41) is 0. The number of nitrogens with zero attached hydrogens (tertiary/aromatic N) is 1. The summed E-state index contributed by atoms with van der Waals surface area (Å²) in [4.78, 5) is 13.3. The van der Waals surface area contributed by atoms with Gasteiger partial charge in [0.15, 0.2) is 0 Å². The number of nitrogens with one attached hydrogen (secondary N) is 1. The Morgan fingerprint density at radius 3 is 2.72 bits per heavy atom. The highest BCUT2D eigenvalue weighted by Crippen LogP contribution is 2.30. The maximum absolute atomic E-state index is 12.7. The van der Waals surface area contributed by atoms with Crippen LogP contribution in [0.4, 0.5) is 13.2 Å². The molecule has 1 amide bonds. The summed E-state index contributed by atoms with van der Waals surface area (Å²) in [5.41, 5.74) is -1.03. The Kier molecular flexibility index (Phi) is 6.10. The molecule has 140 valence electrons. The van der Waals surface area contributed by atoms with Gasteiger partial charge >= 0.3 is 6.18 Å². The second-order valence-corrected chi connectivity index (χ2v) is 8.03. The van der Waals surface area contributed by atoms with Crippen molar-refractivity contribution < 1.29 is 26.4 Å². The molecule has 1 atom stereocenters.